The number of nitrogens with zero attached hydrogens (tertiary/aromatic N) is 2. The second kappa shape index (κ2) is 10.2. The van der Waals surface area contributed by atoms with Crippen molar-refractivity contribution in [1.82, 2.24) is 14.9 Å². The molecule has 4 rings (SSSR count). The molecule has 0 saturated heterocycles. The Morgan fingerprint density at radius 2 is 1.79 bits per heavy atom. The highest BCUT2D eigenvalue weighted by Gasteiger charge is 2.19. The van der Waals surface area contributed by atoms with Crippen molar-refractivity contribution in [1.29, 1.82) is 0 Å². The highest BCUT2D eigenvalue weighted by atomic mass is 35.5. The number of hydrogen-bond donors (Lipinski definition) is 1. The smallest absolute Gasteiger partial charge is 0.251 e. The van der Waals surface area contributed by atoms with Gasteiger partial charge in [0.1, 0.15) is 23.9 Å². The number of carbonyl (C=O) groups is 1. The maximum Gasteiger partial charge on any atom is 0.251 e. The van der Waals surface area contributed by atoms with E-state index in [-0.39, 0.29) is 11.9 Å². The first-order valence-electron chi connectivity index (χ1n) is 11.2. The van der Waals surface area contributed by atoms with Crippen LogP contribution in [0, 0.1) is 13.8 Å². The van der Waals surface area contributed by atoms with Crippen molar-refractivity contribution in [3.8, 4) is 11.5 Å². The maximum atomic E-state index is 12.9. The van der Waals surface area contributed by atoms with Gasteiger partial charge in [-0.3, -0.25) is 4.79 Å². The largest absolute Gasteiger partial charge is 0.497 e. The van der Waals surface area contributed by atoms with Crippen molar-refractivity contribution >= 4 is 28.5 Å². The quantitative estimate of drug-likeness (QED) is 0.344. The SMILES string of the molecule is COc1cccc(C(=O)NC(C)c2nc3ccccc3n2CCOc2cc(C)c(Cl)c(C)c2)c1. The summed E-state index contributed by atoms with van der Waals surface area (Å²) in [6, 6.07) is 18.6. The van der Waals surface area contributed by atoms with Gasteiger partial charge in [-0.2, -0.15) is 0 Å². The number of amides is 1. The molecule has 0 aliphatic rings. The van der Waals surface area contributed by atoms with Gasteiger partial charge >= 0.3 is 0 Å². The molecule has 1 heterocycles. The third-order valence-corrected chi connectivity index (χ3v) is 6.34. The fourth-order valence-corrected chi connectivity index (χ4v) is 4.12. The van der Waals surface area contributed by atoms with Gasteiger partial charge in [-0.1, -0.05) is 29.8 Å². The van der Waals surface area contributed by atoms with E-state index < -0.39 is 0 Å². The number of nitrogens with one attached hydrogen (secondary N) is 1. The van der Waals surface area contributed by atoms with E-state index in [4.69, 9.17) is 26.1 Å². The second-order valence-corrected chi connectivity index (χ2v) is 8.63. The number of methoxy groups -OCH3 is 1. The fourth-order valence-electron chi connectivity index (χ4n) is 4.01. The van der Waals surface area contributed by atoms with E-state index in [0.717, 1.165) is 38.8 Å². The highest BCUT2D eigenvalue weighted by Crippen LogP contribution is 2.26. The van der Waals surface area contributed by atoms with Gasteiger partial charge in [-0.25, -0.2) is 4.98 Å². The monoisotopic (exact) mass is 477 g/mol. The molecule has 3 aromatic carbocycles. The van der Waals surface area contributed by atoms with Gasteiger partial charge in [-0.15, -0.1) is 0 Å². The Kier molecular flexibility index (Phi) is 7.08. The zero-order valence-corrected chi connectivity index (χ0v) is 20.5. The van der Waals surface area contributed by atoms with Crippen molar-refractivity contribution < 1.29 is 14.3 Å². The fraction of sp³-hybridized carbons (Fsp3) is 0.259. The van der Waals surface area contributed by atoms with Crippen LogP contribution in [-0.4, -0.2) is 29.2 Å². The topological polar surface area (TPSA) is 65.4 Å². The van der Waals surface area contributed by atoms with E-state index in [2.05, 4.69) is 9.88 Å². The lowest BCUT2D eigenvalue weighted by atomic mass is 10.1. The number of benzene rings is 3. The van der Waals surface area contributed by atoms with Crippen molar-refractivity contribution in [2.45, 2.75) is 33.4 Å². The lowest BCUT2D eigenvalue weighted by molar-refractivity contribution is 0.0937. The van der Waals surface area contributed by atoms with E-state index in [0.29, 0.717) is 24.5 Å². The van der Waals surface area contributed by atoms with Crippen LogP contribution in [0.1, 0.15) is 40.3 Å². The zero-order chi connectivity index (χ0) is 24.2. The lowest BCUT2D eigenvalue weighted by Gasteiger charge is -2.17. The Morgan fingerprint density at radius 3 is 2.53 bits per heavy atom. The summed E-state index contributed by atoms with van der Waals surface area (Å²) in [7, 11) is 1.58. The molecule has 0 radical (unpaired) electrons. The van der Waals surface area contributed by atoms with Crippen LogP contribution in [0.3, 0.4) is 0 Å². The Bertz CT molecular complexity index is 1310. The summed E-state index contributed by atoms with van der Waals surface area (Å²) < 4.78 is 13.4. The molecule has 0 aliphatic heterocycles. The third kappa shape index (κ3) is 5.02. The molecule has 176 valence electrons. The molecule has 4 aromatic rings. The van der Waals surface area contributed by atoms with E-state index >= 15 is 0 Å². The number of ether oxygens (including phenoxy) is 2. The van der Waals surface area contributed by atoms with Gasteiger partial charge in [0, 0.05) is 10.6 Å². The molecule has 0 aliphatic carbocycles. The van der Waals surface area contributed by atoms with Crippen LogP contribution < -0.4 is 14.8 Å². The van der Waals surface area contributed by atoms with Crippen LogP contribution in [0.4, 0.5) is 0 Å². The third-order valence-electron chi connectivity index (χ3n) is 5.74. The molecule has 1 unspecified atom stereocenters. The van der Waals surface area contributed by atoms with Crippen molar-refractivity contribution in [3.05, 3.63) is 88.2 Å². The number of aryl methyl sites for hydroxylation is 2. The van der Waals surface area contributed by atoms with Crippen LogP contribution >= 0.6 is 11.6 Å². The minimum atomic E-state index is -0.314. The molecule has 1 aromatic heterocycles. The molecule has 1 amide bonds. The Balaban J connectivity index is 1.54. The number of halogens is 1. The number of hydrogen-bond acceptors (Lipinski definition) is 4. The van der Waals surface area contributed by atoms with Crippen LogP contribution in [-0.2, 0) is 6.54 Å². The molecule has 7 heteroatoms. The van der Waals surface area contributed by atoms with Gasteiger partial charge < -0.3 is 19.4 Å². The van der Waals surface area contributed by atoms with Crippen LogP contribution in [0.5, 0.6) is 11.5 Å². The Labute approximate surface area is 204 Å². The number of imidazole rings is 1. The lowest BCUT2D eigenvalue weighted by Crippen LogP contribution is -2.29. The van der Waals surface area contributed by atoms with Gasteiger partial charge in [0.2, 0.25) is 0 Å². The van der Waals surface area contributed by atoms with Gasteiger partial charge in [0.15, 0.2) is 0 Å². The summed E-state index contributed by atoms with van der Waals surface area (Å²) >= 11 is 6.28. The van der Waals surface area contributed by atoms with Crippen molar-refractivity contribution in [3.63, 3.8) is 0 Å². The molecule has 0 fully saturated rings. The minimum Gasteiger partial charge on any atom is -0.497 e. The molecule has 0 spiro atoms. The average Bonchev–Trinajstić information content (AvgIpc) is 3.21. The summed E-state index contributed by atoms with van der Waals surface area (Å²) in [6.07, 6.45) is 0. The Morgan fingerprint density at radius 1 is 1.06 bits per heavy atom. The van der Waals surface area contributed by atoms with Crippen LogP contribution in [0.2, 0.25) is 5.02 Å². The summed E-state index contributed by atoms with van der Waals surface area (Å²) in [5.74, 6) is 2.00. The molecule has 1 N–H and O–H groups in total. The summed E-state index contributed by atoms with van der Waals surface area (Å²) in [5.41, 5.74) is 4.37. The molecular weight excluding hydrogens is 450 g/mol. The summed E-state index contributed by atoms with van der Waals surface area (Å²) in [4.78, 5) is 17.7. The molecule has 1 atom stereocenters. The number of rotatable bonds is 8. The first-order valence-corrected chi connectivity index (χ1v) is 11.5. The average molecular weight is 478 g/mol. The van der Waals surface area contributed by atoms with Crippen LogP contribution in [0.15, 0.2) is 60.7 Å². The predicted octanol–water partition coefficient (Wildman–Crippen LogP) is 5.89. The number of fused-ring (bicyclic) bond motifs is 1. The minimum absolute atomic E-state index is 0.187. The van der Waals surface area contributed by atoms with E-state index in [1.807, 2.05) is 63.2 Å². The molecule has 6 nitrogen and oxygen atoms in total. The first kappa shape index (κ1) is 23.6. The highest BCUT2D eigenvalue weighted by molar-refractivity contribution is 6.32. The molecule has 0 bridgehead atoms. The van der Waals surface area contributed by atoms with E-state index in [1.165, 1.54) is 0 Å². The second-order valence-electron chi connectivity index (χ2n) is 8.26. The number of para-hydroxylation sites is 2. The standard InChI is InChI=1S/C27H28ClN3O3/c1-17-14-22(15-18(2)25(17)28)34-13-12-31-24-11-6-5-10-23(24)30-26(31)19(3)29-27(32)20-8-7-9-21(16-20)33-4/h5-11,14-16,19H,12-13H2,1-4H3,(H,29,32). The Hall–Kier alpha value is -3.51. The van der Waals surface area contributed by atoms with E-state index in [1.54, 1.807) is 25.3 Å². The van der Waals surface area contributed by atoms with Gasteiger partial charge in [-0.05, 0) is 74.4 Å². The predicted molar refractivity (Wildman–Crippen MR) is 135 cm³/mol. The van der Waals surface area contributed by atoms with Gasteiger partial charge in [0.05, 0.1) is 30.7 Å². The maximum absolute atomic E-state index is 12.9. The normalized spacial score (nSPS) is 11.9. The number of carbonyl (C=O) groups excluding carboxylic acids is 1. The van der Waals surface area contributed by atoms with Crippen molar-refractivity contribution in [2.75, 3.05) is 13.7 Å². The van der Waals surface area contributed by atoms with Gasteiger partial charge in [0.25, 0.3) is 5.91 Å². The zero-order valence-electron chi connectivity index (χ0n) is 19.8. The molecule has 0 saturated carbocycles. The first-order chi connectivity index (χ1) is 16.4. The van der Waals surface area contributed by atoms with Crippen LogP contribution in [0.25, 0.3) is 11.0 Å². The van der Waals surface area contributed by atoms with Crippen molar-refractivity contribution in [2.24, 2.45) is 0 Å². The summed E-state index contributed by atoms with van der Waals surface area (Å²) in [6.45, 7) is 6.90. The molecule has 34 heavy (non-hydrogen) atoms. The molecular formula is C27H28ClN3O3. The summed E-state index contributed by atoms with van der Waals surface area (Å²) in [5, 5.41) is 3.82. The van der Waals surface area contributed by atoms with E-state index in [9.17, 15) is 4.79 Å². The number of aromatic nitrogens is 2.